The van der Waals surface area contributed by atoms with Crippen LogP contribution in [0.25, 0.3) is 11.4 Å². The summed E-state index contributed by atoms with van der Waals surface area (Å²) in [7, 11) is 0. The maximum Gasteiger partial charge on any atom is 0.321 e. The maximum atomic E-state index is 12.6. The highest BCUT2D eigenvalue weighted by atomic mass is 35.5. The van der Waals surface area contributed by atoms with E-state index in [4.69, 9.17) is 11.6 Å². The number of nitrogens with one attached hydrogen (secondary N) is 2. The van der Waals surface area contributed by atoms with Crippen LogP contribution < -0.4 is 10.6 Å². The van der Waals surface area contributed by atoms with Gasteiger partial charge >= 0.3 is 6.03 Å². The van der Waals surface area contributed by atoms with Gasteiger partial charge in [0.2, 0.25) is 5.91 Å². The Morgan fingerprint density at radius 3 is 2.47 bits per heavy atom. The Morgan fingerprint density at radius 2 is 1.84 bits per heavy atom. The lowest BCUT2D eigenvalue weighted by molar-refractivity contribution is -0.117. The molecule has 0 radical (unpaired) electrons. The summed E-state index contributed by atoms with van der Waals surface area (Å²) in [4.78, 5) is 25.1. The fourth-order valence-electron chi connectivity index (χ4n) is 6.35. The molecule has 4 saturated carbocycles. The molecule has 9 heteroatoms. The van der Waals surface area contributed by atoms with Crippen LogP contribution in [0.2, 0.25) is 5.02 Å². The number of benzene rings is 1. The van der Waals surface area contributed by atoms with Gasteiger partial charge in [0, 0.05) is 22.7 Å². The zero-order valence-corrected chi connectivity index (χ0v) is 19.7. The minimum atomic E-state index is -0.367. The Hall–Kier alpha value is -2.06. The van der Waals surface area contributed by atoms with Crippen molar-refractivity contribution in [3.8, 4) is 11.4 Å². The fraction of sp³-hybridized carbons (Fsp3) is 0.565. The monoisotopic (exact) mass is 473 g/mol. The van der Waals surface area contributed by atoms with Gasteiger partial charge in [0.1, 0.15) is 0 Å². The minimum absolute atomic E-state index is 0.0992. The Labute approximate surface area is 197 Å². The Morgan fingerprint density at radius 1 is 1.16 bits per heavy atom. The molecule has 0 atom stereocenters. The summed E-state index contributed by atoms with van der Waals surface area (Å²) in [6, 6.07) is 7.08. The van der Waals surface area contributed by atoms with Crippen molar-refractivity contribution < 1.29 is 9.59 Å². The van der Waals surface area contributed by atoms with E-state index in [1.54, 1.807) is 0 Å². The summed E-state index contributed by atoms with van der Waals surface area (Å²) in [6.45, 7) is 2.66. The van der Waals surface area contributed by atoms with Crippen molar-refractivity contribution in [1.82, 2.24) is 25.4 Å². The summed E-state index contributed by atoms with van der Waals surface area (Å²) in [5.74, 6) is 2.69. The van der Waals surface area contributed by atoms with Gasteiger partial charge in [-0.05, 0) is 75.3 Å². The first-order chi connectivity index (χ1) is 15.4. The third-order valence-corrected chi connectivity index (χ3v) is 8.32. The van der Waals surface area contributed by atoms with Gasteiger partial charge in [-0.2, -0.15) is 0 Å². The van der Waals surface area contributed by atoms with Gasteiger partial charge in [0.25, 0.3) is 0 Å². The van der Waals surface area contributed by atoms with E-state index in [0.29, 0.717) is 22.5 Å². The largest absolute Gasteiger partial charge is 0.332 e. The van der Waals surface area contributed by atoms with Crippen molar-refractivity contribution in [2.24, 2.45) is 17.8 Å². The summed E-state index contributed by atoms with van der Waals surface area (Å²) in [5, 5.41) is 15.5. The lowest BCUT2D eigenvalue weighted by Gasteiger charge is -2.56. The van der Waals surface area contributed by atoms with Crippen LogP contribution in [0.4, 0.5) is 4.79 Å². The van der Waals surface area contributed by atoms with Crippen LogP contribution in [-0.4, -0.2) is 38.0 Å². The number of rotatable bonds is 6. The number of hydrogen-bond acceptors (Lipinski definition) is 5. The highest BCUT2D eigenvalue weighted by molar-refractivity contribution is 7.99. The fourth-order valence-corrected chi connectivity index (χ4v) is 7.34. The second kappa shape index (κ2) is 8.71. The molecule has 6 rings (SSSR count). The molecule has 4 bridgehead atoms. The smallest absolute Gasteiger partial charge is 0.321 e. The molecule has 0 spiro atoms. The zero-order chi connectivity index (χ0) is 22.3. The van der Waals surface area contributed by atoms with E-state index in [1.807, 2.05) is 35.8 Å². The lowest BCUT2D eigenvalue weighted by atomic mass is 9.53. The Bertz CT molecular complexity index is 1000. The van der Waals surface area contributed by atoms with Crippen molar-refractivity contribution in [3.05, 3.63) is 29.3 Å². The average Bonchev–Trinajstić information content (AvgIpc) is 3.13. The van der Waals surface area contributed by atoms with E-state index in [0.717, 1.165) is 42.6 Å². The SMILES string of the molecule is CCn1c(SCC(=O)NC(=O)NC23CC4CC(CC(C4)C2)C3)nnc1-c1cccc(Cl)c1. The van der Waals surface area contributed by atoms with Gasteiger partial charge in [-0.25, -0.2) is 4.79 Å². The van der Waals surface area contributed by atoms with E-state index in [2.05, 4.69) is 20.8 Å². The predicted octanol–water partition coefficient (Wildman–Crippen LogP) is 4.51. The van der Waals surface area contributed by atoms with Crippen LogP contribution in [0.15, 0.2) is 29.4 Å². The van der Waals surface area contributed by atoms with Gasteiger partial charge in [-0.1, -0.05) is 35.5 Å². The molecular weight excluding hydrogens is 446 g/mol. The molecule has 4 aliphatic carbocycles. The van der Waals surface area contributed by atoms with Crippen molar-refractivity contribution >= 4 is 35.3 Å². The maximum absolute atomic E-state index is 12.6. The molecule has 2 aromatic rings. The van der Waals surface area contributed by atoms with E-state index in [-0.39, 0.29) is 23.2 Å². The summed E-state index contributed by atoms with van der Waals surface area (Å²) in [6.07, 6.45) is 7.11. The highest BCUT2D eigenvalue weighted by Crippen LogP contribution is 2.55. The topological polar surface area (TPSA) is 88.9 Å². The number of carbonyl (C=O) groups is 2. The first kappa shape index (κ1) is 21.8. The first-order valence-electron chi connectivity index (χ1n) is 11.4. The molecule has 1 aromatic carbocycles. The number of urea groups is 1. The summed E-state index contributed by atoms with van der Waals surface area (Å²) >= 11 is 7.38. The predicted molar refractivity (Wildman–Crippen MR) is 124 cm³/mol. The molecule has 1 heterocycles. The molecular formula is C23H28ClN5O2S. The van der Waals surface area contributed by atoms with E-state index < -0.39 is 0 Å². The molecule has 1 aromatic heterocycles. The number of hydrogen-bond donors (Lipinski definition) is 2. The molecule has 7 nitrogen and oxygen atoms in total. The number of carbonyl (C=O) groups excluding carboxylic acids is 2. The van der Waals surface area contributed by atoms with Gasteiger partial charge in [-0.15, -0.1) is 10.2 Å². The molecule has 3 amide bonds. The third-order valence-electron chi connectivity index (χ3n) is 7.12. The Balaban J connectivity index is 1.17. The molecule has 0 aliphatic heterocycles. The second-order valence-electron chi connectivity index (χ2n) is 9.55. The van der Waals surface area contributed by atoms with Crippen molar-refractivity contribution in [1.29, 1.82) is 0 Å². The van der Waals surface area contributed by atoms with Gasteiger partial charge in [0.15, 0.2) is 11.0 Å². The number of amides is 3. The van der Waals surface area contributed by atoms with Crippen LogP contribution in [0, 0.1) is 17.8 Å². The zero-order valence-electron chi connectivity index (χ0n) is 18.1. The Kier molecular flexibility index (Phi) is 5.92. The van der Waals surface area contributed by atoms with Crippen molar-refractivity contribution in [2.75, 3.05) is 5.75 Å². The molecule has 2 N–H and O–H groups in total. The molecule has 170 valence electrons. The molecule has 0 unspecified atom stereocenters. The standard InChI is InChI=1S/C23H28ClN5O2S/c1-2-29-20(17-4-3-5-18(24)9-17)27-28-22(29)32-13-19(30)25-21(31)26-23-10-14-6-15(11-23)8-16(7-14)12-23/h3-5,9,14-16H,2,6-8,10-13H2,1H3,(H2,25,26,30,31). The third kappa shape index (κ3) is 4.39. The second-order valence-corrected chi connectivity index (χ2v) is 10.9. The normalized spacial score (nSPS) is 28.0. The quantitative estimate of drug-likeness (QED) is 0.603. The van der Waals surface area contributed by atoms with E-state index in [9.17, 15) is 9.59 Å². The minimum Gasteiger partial charge on any atom is -0.332 e. The summed E-state index contributed by atoms with van der Waals surface area (Å²) in [5.41, 5.74) is 0.763. The summed E-state index contributed by atoms with van der Waals surface area (Å²) < 4.78 is 1.94. The molecule has 0 saturated heterocycles. The van der Waals surface area contributed by atoms with E-state index in [1.165, 1.54) is 31.0 Å². The van der Waals surface area contributed by atoms with Crippen LogP contribution in [0.1, 0.15) is 45.4 Å². The number of aromatic nitrogens is 3. The van der Waals surface area contributed by atoms with Gasteiger partial charge < -0.3 is 9.88 Å². The lowest BCUT2D eigenvalue weighted by Crippen LogP contribution is -2.61. The van der Waals surface area contributed by atoms with Gasteiger partial charge in [-0.3, -0.25) is 10.1 Å². The number of nitrogens with zero attached hydrogens (tertiary/aromatic N) is 3. The number of halogens is 1. The number of imide groups is 1. The number of thioether (sulfide) groups is 1. The first-order valence-corrected chi connectivity index (χ1v) is 12.7. The van der Waals surface area contributed by atoms with Gasteiger partial charge in [0.05, 0.1) is 5.75 Å². The van der Waals surface area contributed by atoms with Crippen LogP contribution >= 0.6 is 23.4 Å². The van der Waals surface area contributed by atoms with Crippen molar-refractivity contribution in [3.63, 3.8) is 0 Å². The van der Waals surface area contributed by atoms with Crippen LogP contribution in [0.5, 0.6) is 0 Å². The van der Waals surface area contributed by atoms with Crippen molar-refractivity contribution in [2.45, 2.75) is 62.7 Å². The molecule has 32 heavy (non-hydrogen) atoms. The van der Waals surface area contributed by atoms with Crippen LogP contribution in [0.3, 0.4) is 0 Å². The highest BCUT2D eigenvalue weighted by Gasteiger charge is 2.51. The molecule has 4 fully saturated rings. The van der Waals surface area contributed by atoms with E-state index >= 15 is 0 Å². The van der Waals surface area contributed by atoms with Crippen LogP contribution in [-0.2, 0) is 11.3 Å². The molecule has 4 aliphatic rings. The average molecular weight is 474 g/mol.